The van der Waals surface area contributed by atoms with Gasteiger partial charge in [-0.15, -0.1) is 11.8 Å². The summed E-state index contributed by atoms with van der Waals surface area (Å²) < 4.78 is 1.22. The van der Waals surface area contributed by atoms with Gasteiger partial charge < -0.3 is 11.1 Å². The SMILES string of the molecule is CC(Nc1ccccc1SCC(N)=O)c1ccc(I)cc1. The Kier molecular flexibility index (Phi) is 5.93. The van der Waals surface area contributed by atoms with E-state index >= 15 is 0 Å². The van der Waals surface area contributed by atoms with Gasteiger partial charge in [-0.1, -0.05) is 24.3 Å². The summed E-state index contributed by atoms with van der Waals surface area (Å²) in [7, 11) is 0. The summed E-state index contributed by atoms with van der Waals surface area (Å²) in [6.07, 6.45) is 0. The molecule has 2 aromatic rings. The van der Waals surface area contributed by atoms with Gasteiger partial charge >= 0.3 is 0 Å². The van der Waals surface area contributed by atoms with E-state index in [1.165, 1.54) is 20.9 Å². The van der Waals surface area contributed by atoms with Gasteiger partial charge in [-0.25, -0.2) is 0 Å². The molecule has 0 aromatic heterocycles. The van der Waals surface area contributed by atoms with Crippen LogP contribution in [0.4, 0.5) is 5.69 Å². The molecule has 1 amide bonds. The first-order valence-corrected chi connectivity index (χ1v) is 8.65. The highest BCUT2D eigenvalue weighted by atomic mass is 127. The number of hydrogen-bond donors (Lipinski definition) is 2. The van der Waals surface area contributed by atoms with E-state index < -0.39 is 0 Å². The standard InChI is InChI=1S/C16H17IN2OS/c1-11(12-6-8-13(17)9-7-12)19-14-4-2-3-5-15(14)21-10-16(18)20/h2-9,11,19H,10H2,1H3,(H2,18,20). The fourth-order valence-electron chi connectivity index (χ4n) is 1.93. The van der Waals surface area contributed by atoms with Crippen molar-refractivity contribution in [2.24, 2.45) is 5.73 Å². The number of halogens is 1. The van der Waals surface area contributed by atoms with Crippen molar-refractivity contribution in [2.75, 3.05) is 11.1 Å². The van der Waals surface area contributed by atoms with Crippen LogP contribution in [0.25, 0.3) is 0 Å². The summed E-state index contributed by atoms with van der Waals surface area (Å²) in [5.41, 5.74) is 7.47. The van der Waals surface area contributed by atoms with Gasteiger partial charge in [0.25, 0.3) is 0 Å². The number of thioether (sulfide) groups is 1. The molecule has 5 heteroatoms. The first-order chi connectivity index (χ1) is 10.1. The molecule has 2 aromatic carbocycles. The topological polar surface area (TPSA) is 55.1 Å². The van der Waals surface area contributed by atoms with Gasteiger partial charge in [-0.05, 0) is 59.3 Å². The highest BCUT2D eigenvalue weighted by Gasteiger charge is 2.09. The molecule has 0 radical (unpaired) electrons. The number of primary amides is 1. The Labute approximate surface area is 142 Å². The third-order valence-corrected chi connectivity index (χ3v) is 4.81. The van der Waals surface area contributed by atoms with Crippen LogP contribution in [0.1, 0.15) is 18.5 Å². The molecule has 0 saturated heterocycles. The minimum absolute atomic E-state index is 0.192. The second kappa shape index (κ2) is 7.70. The van der Waals surface area contributed by atoms with E-state index in [9.17, 15) is 4.79 Å². The average Bonchev–Trinajstić information content (AvgIpc) is 2.47. The second-order valence-corrected chi connectivity index (χ2v) is 6.93. The van der Waals surface area contributed by atoms with Crippen LogP contribution in [-0.2, 0) is 4.79 Å². The Morgan fingerprint density at radius 3 is 2.57 bits per heavy atom. The second-order valence-electron chi connectivity index (χ2n) is 4.67. The molecule has 110 valence electrons. The largest absolute Gasteiger partial charge is 0.378 e. The number of carbonyl (C=O) groups excluding carboxylic acids is 1. The highest BCUT2D eigenvalue weighted by molar-refractivity contribution is 14.1. The van der Waals surface area contributed by atoms with Crippen molar-refractivity contribution >= 4 is 45.9 Å². The number of nitrogens with one attached hydrogen (secondary N) is 1. The van der Waals surface area contributed by atoms with Crippen LogP contribution in [0.5, 0.6) is 0 Å². The molecule has 0 aliphatic carbocycles. The normalized spacial score (nSPS) is 11.9. The van der Waals surface area contributed by atoms with Crippen molar-refractivity contribution < 1.29 is 4.79 Å². The highest BCUT2D eigenvalue weighted by Crippen LogP contribution is 2.29. The molecular formula is C16H17IN2OS. The number of amides is 1. The zero-order chi connectivity index (χ0) is 15.2. The maximum absolute atomic E-state index is 10.9. The number of carbonyl (C=O) groups is 1. The molecule has 1 atom stereocenters. The summed E-state index contributed by atoms with van der Waals surface area (Å²) in [4.78, 5) is 12.0. The number of rotatable bonds is 6. The molecule has 1 unspecified atom stereocenters. The van der Waals surface area contributed by atoms with E-state index in [1.54, 1.807) is 0 Å². The van der Waals surface area contributed by atoms with Crippen LogP contribution in [0.3, 0.4) is 0 Å². The lowest BCUT2D eigenvalue weighted by atomic mass is 10.1. The lowest BCUT2D eigenvalue weighted by Crippen LogP contribution is -2.13. The molecule has 3 N–H and O–H groups in total. The predicted molar refractivity (Wildman–Crippen MR) is 97.6 cm³/mol. The summed E-state index contributed by atoms with van der Waals surface area (Å²) in [5, 5.41) is 3.49. The first kappa shape index (κ1) is 16.2. The molecule has 0 aliphatic rings. The minimum Gasteiger partial charge on any atom is -0.378 e. The van der Waals surface area contributed by atoms with Gasteiger partial charge in [0.2, 0.25) is 5.91 Å². The van der Waals surface area contributed by atoms with Crippen molar-refractivity contribution in [2.45, 2.75) is 17.9 Å². The number of nitrogens with two attached hydrogens (primary N) is 1. The lowest BCUT2D eigenvalue weighted by Gasteiger charge is -2.18. The van der Waals surface area contributed by atoms with E-state index in [4.69, 9.17) is 5.73 Å². The van der Waals surface area contributed by atoms with Crippen molar-refractivity contribution in [3.05, 3.63) is 57.7 Å². The molecule has 21 heavy (non-hydrogen) atoms. The van der Waals surface area contributed by atoms with Crippen molar-refractivity contribution in [3.63, 3.8) is 0 Å². The predicted octanol–water partition coefficient (Wildman–Crippen LogP) is 4.04. The Balaban J connectivity index is 2.11. The van der Waals surface area contributed by atoms with Crippen LogP contribution in [0.2, 0.25) is 0 Å². The van der Waals surface area contributed by atoms with E-state index in [0.717, 1.165) is 10.6 Å². The van der Waals surface area contributed by atoms with E-state index in [0.29, 0.717) is 0 Å². The Hall–Kier alpha value is -1.21. The van der Waals surface area contributed by atoms with Crippen LogP contribution in [-0.4, -0.2) is 11.7 Å². The number of hydrogen-bond acceptors (Lipinski definition) is 3. The van der Waals surface area contributed by atoms with Gasteiger partial charge in [-0.2, -0.15) is 0 Å². The van der Waals surface area contributed by atoms with Crippen molar-refractivity contribution in [3.8, 4) is 0 Å². The summed E-state index contributed by atoms with van der Waals surface area (Å²) in [6.45, 7) is 2.12. The monoisotopic (exact) mass is 412 g/mol. The number of benzene rings is 2. The number of anilines is 1. The smallest absolute Gasteiger partial charge is 0.227 e. The van der Waals surface area contributed by atoms with Crippen molar-refractivity contribution in [1.29, 1.82) is 0 Å². The lowest BCUT2D eigenvalue weighted by molar-refractivity contribution is -0.115. The van der Waals surface area contributed by atoms with Crippen LogP contribution >= 0.6 is 34.4 Å². The van der Waals surface area contributed by atoms with E-state index in [-0.39, 0.29) is 17.7 Å². The maximum atomic E-state index is 10.9. The Morgan fingerprint density at radius 2 is 1.90 bits per heavy atom. The first-order valence-electron chi connectivity index (χ1n) is 6.58. The summed E-state index contributed by atoms with van der Waals surface area (Å²) in [6, 6.07) is 16.6. The molecular weight excluding hydrogens is 395 g/mol. The molecule has 0 fully saturated rings. The maximum Gasteiger partial charge on any atom is 0.227 e. The van der Waals surface area contributed by atoms with Crippen LogP contribution in [0, 0.1) is 3.57 Å². The fourth-order valence-corrected chi connectivity index (χ4v) is 3.04. The van der Waals surface area contributed by atoms with Crippen LogP contribution < -0.4 is 11.1 Å². The van der Waals surface area contributed by atoms with E-state index in [1.807, 2.05) is 24.3 Å². The van der Waals surface area contributed by atoms with Crippen LogP contribution in [0.15, 0.2) is 53.4 Å². The molecule has 3 nitrogen and oxygen atoms in total. The third-order valence-electron chi connectivity index (χ3n) is 3.00. The Bertz CT molecular complexity index is 616. The quantitative estimate of drug-likeness (QED) is 0.556. The average molecular weight is 412 g/mol. The van der Waals surface area contributed by atoms with Gasteiger partial charge in [0.15, 0.2) is 0 Å². The van der Waals surface area contributed by atoms with Gasteiger partial charge in [0.05, 0.1) is 5.75 Å². The molecule has 0 saturated carbocycles. The molecule has 0 bridgehead atoms. The third kappa shape index (κ3) is 4.93. The number of para-hydroxylation sites is 1. The van der Waals surface area contributed by atoms with Gasteiger partial charge in [0, 0.05) is 20.2 Å². The van der Waals surface area contributed by atoms with Gasteiger partial charge in [-0.3, -0.25) is 4.79 Å². The fraction of sp³-hybridized carbons (Fsp3) is 0.188. The van der Waals surface area contributed by atoms with E-state index in [2.05, 4.69) is 59.1 Å². The zero-order valence-corrected chi connectivity index (χ0v) is 14.6. The summed E-state index contributed by atoms with van der Waals surface area (Å²) in [5.74, 6) is -0.0168. The minimum atomic E-state index is -0.305. The molecule has 0 aliphatic heterocycles. The van der Waals surface area contributed by atoms with Crippen molar-refractivity contribution in [1.82, 2.24) is 0 Å². The molecule has 0 heterocycles. The molecule has 2 rings (SSSR count). The summed E-state index contributed by atoms with van der Waals surface area (Å²) >= 11 is 3.75. The molecule has 0 spiro atoms. The Morgan fingerprint density at radius 1 is 1.24 bits per heavy atom. The van der Waals surface area contributed by atoms with Gasteiger partial charge in [0.1, 0.15) is 0 Å². The zero-order valence-electron chi connectivity index (χ0n) is 11.7.